The monoisotopic (exact) mass is 228 g/mol. The van der Waals surface area contributed by atoms with Gasteiger partial charge in [0, 0.05) is 5.39 Å². The molecule has 1 N–H and O–H groups in total. The summed E-state index contributed by atoms with van der Waals surface area (Å²) in [6, 6.07) is 4.55. The summed E-state index contributed by atoms with van der Waals surface area (Å²) in [6.45, 7) is 0. The van der Waals surface area contributed by atoms with E-state index >= 15 is 0 Å². The lowest BCUT2D eigenvalue weighted by molar-refractivity contribution is -0.140. The van der Waals surface area contributed by atoms with Gasteiger partial charge < -0.3 is 4.98 Å². The first-order valence-corrected chi connectivity index (χ1v) is 4.22. The summed E-state index contributed by atoms with van der Waals surface area (Å²) in [5, 5.41) is 8.74. The van der Waals surface area contributed by atoms with Crippen LogP contribution < -0.4 is 0 Å². The molecule has 2 nitrogen and oxygen atoms in total. The van der Waals surface area contributed by atoms with Crippen LogP contribution in [0.3, 0.4) is 0 Å². The molecule has 0 spiro atoms. The fourth-order valence-electron chi connectivity index (χ4n) is 1.50. The van der Waals surface area contributed by atoms with Gasteiger partial charge in [-0.3, -0.25) is 0 Å². The van der Waals surface area contributed by atoms with Gasteiger partial charge in [0.15, 0.2) is 0 Å². The Morgan fingerprint density at radius 1 is 1.25 bits per heavy atom. The summed E-state index contributed by atoms with van der Waals surface area (Å²) in [6.07, 6.45) is -4.65. The van der Waals surface area contributed by atoms with Crippen molar-refractivity contribution in [2.75, 3.05) is 0 Å². The van der Waals surface area contributed by atoms with E-state index in [1.807, 2.05) is 4.98 Å². The molecule has 0 atom stereocenters. The van der Waals surface area contributed by atoms with E-state index in [4.69, 9.17) is 5.26 Å². The van der Waals surface area contributed by atoms with Crippen molar-refractivity contribution in [1.29, 1.82) is 5.26 Å². The van der Waals surface area contributed by atoms with Gasteiger partial charge in [-0.25, -0.2) is 4.39 Å². The van der Waals surface area contributed by atoms with Gasteiger partial charge in [0.25, 0.3) is 0 Å². The maximum atomic E-state index is 12.8. The molecule has 0 unspecified atom stereocenters. The molecule has 1 aromatic heterocycles. The van der Waals surface area contributed by atoms with E-state index in [-0.39, 0.29) is 10.9 Å². The van der Waals surface area contributed by atoms with Crippen molar-refractivity contribution >= 4 is 10.9 Å². The van der Waals surface area contributed by atoms with Crippen LogP contribution in [0.25, 0.3) is 10.9 Å². The first kappa shape index (κ1) is 10.5. The fourth-order valence-corrected chi connectivity index (χ4v) is 1.50. The number of hydrogen-bond donors (Lipinski definition) is 1. The highest BCUT2D eigenvalue weighted by molar-refractivity contribution is 5.87. The number of halogens is 4. The zero-order valence-corrected chi connectivity index (χ0v) is 7.69. The van der Waals surface area contributed by atoms with Crippen molar-refractivity contribution in [1.82, 2.24) is 4.98 Å². The molecular formula is C10H4F4N2. The zero-order chi connectivity index (χ0) is 11.9. The third kappa shape index (κ3) is 1.50. The summed E-state index contributed by atoms with van der Waals surface area (Å²) >= 11 is 0. The van der Waals surface area contributed by atoms with Gasteiger partial charge in [-0.1, -0.05) is 0 Å². The van der Waals surface area contributed by atoms with Crippen LogP contribution in [0, 0.1) is 17.1 Å². The highest BCUT2D eigenvalue weighted by Crippen LogP contribution is 2.35. The molecule has 0 saturated heterocycles. The molecular weight excluding hydrogens is 224 g/mol. The normalized spacial score (nSPS) is 11.7. The predicted octanol–water partition coefficient (Wildman–Crippen LogP) is 3.20. The molecule has 1 heterocycles. The lowest BCUT2D eigenvalue weighted by atomic mass is 10.1. The van der Waals surface area contributed by atoms with Gasteiger partial charge in [-0.2, -0.15) is 18.4 Å². The van der Waals surface area contributed by atoms with Gasteiger partial charge in [0.1, 0.15) is 17.6 Å². The second-order valence-corrected chi connectivity index (χ2v) is 3.17. The van der Waals surface area contributed by atoms with Gasteiger partial charge in [-0.05, 0) is 18.2 Å². The van der Waals surface area contributed by atoms with Crippen LogP contribution in [-0.2, 0) is 6.18 Å². The Kier molecular flexibility index (Phi) is 2.12. The molecule has 0 radical (unpaired) electrons. The average Bonchev–Trinajstić information content (AvgIpc) is 2.54. The molecule has 2 aromatic rings. The molecule has 16 heavy (non-hydrogen) atoms. The van der Waals surface area contributed by atoms with Gasteiger partial charge in [-0.15, -0.1) is 0 Å². The van der Waals surface area contributed by atoms with Crippen LogP contribution >= 0.6 is 0 Å². The molecule has 0 saturated carbocycles. The van der Waals surface area contributed by atoms with E-state index in [0.717, 1.165) is 18.2 Å². The van der Waals surface area contributed by atoms with E-state index in [1.54, 1.807) is 0 Å². The number of nitriles is 1. The van der Waals surface area contributed by atoms with E-state index in [1.165, 1.54) is 6.07 Å². The molecule has 0 bridgehead atoms. The third-order valence-electron chi connectivity index (χ3n) is 2.16. The van der Waals surface area contributed by atoms with E-state index < -0.39 is 23.3 Å². The molecule has 6 heteroatoms. The molecule has 2 rings (SSSR count). The van der Waals surface area contributed by atoms with Crippen molar-refractivity contribution in [2.45, 2.75) is 6.18 Å². The molecule has 0 amide bonds. The highest BCUT2D eigenvalue weighted by atomic mass is 19.4. The maximum Gasteiger partial charge on any atom is 0.432 e. The Labute approximate surface area is 87.1 Å². The molecule has 0 aliphatic carbocycles. The molecule has 1 aromatic carbocycles. The summed E-state index contributed by atoms with van der Waals surface area (Å²) in [5.74, 6) is -0.660. The number of aromatic amines is 1. The Bertz CT molecular complexity index is 589. The Hall–Kier alpha value is -2.03. The van der Waals surface area contributed by atoms with E-state index in [2.05, 4.69) is 0 Å². The SMILES string of the molecule is N#Cc1c(C(F)(F)F)[nH]c2cc(F)ccc12. The minimum Gasteiger partial charge on any atom is -0.350 e. The van der Waals surface area contributed by atoms with Crippen LogP contribution in [0.5, 0.6) is 0 Å². The lowest BCUT2D eigenvalue weighted by Gasteiger charge is -2.02. The van der Waals surface area contributed by atoms with Crippen molar-refractivity contribution in [3.05, 3.63) is 35.3 Å². The topological polar surface area (TPSA) is 39.6 Å². The van der Waals surface area contributed by atoms with Gasteiger partial charge in [0.05, 0.1) is 11.1 Å². The number of alkyl halides is 3. The van der Waals surface area contributed by atoms with Crippen LogP contribution in [-0.4, -0.2) is 4.98 Å². The fraction of sp³-hybridized carbons (Fsp3) is 0.100. The van der Waals surface area contributed by atoms with Gasteiger partial charge in [0.2, 0.25) is 0 Å². The second-order valence-electron chi connectivity index (χ2n) is 3.17. The lowest BCUT2D eigenvalue weighted by Crippen LogP contribution is -2.07. The Morgan fingerprint density at radius 2 is 1.94 bits per heavy atom. The van der Waals surface area contributed by atoms with E-state index in [0.29, 0.717) is 0 Å². The van der Waals surface area contributed by atoms with Crippen molar-refractivity contribution in [3.8, 4) is 6.07 Å². The first-order chi connectivity index (χ1) is 7.43. The number of fused-ring (bicyclic) bond motifs is 1. The number of nitrogens with one attached hydrogen (secondary N) is 1. The molecule has 0 aliphatic rings. The quantitative estimate of drug-likeness (QED) is 0.691. The maximum absolute atomic E-state index is 12.8. The number of rotatable bonds is 0. The Balaban J connectivity index is 2.83. The molecule has 0 aliphatic heterocycles. The number of aromatic nitrogens is 1. The highest BCUT2D eigenvalue weighted by Gasteiger charge is 2.36. The third-order valence-corrected chi connectivity index (χ3v) is 2.16. The smallest absolute Gasteiger partial charge is 0.350 e. The summed E-state index contributed by atoms with van der Waals surface area (Å²) < 4.78 is 50.3. The van der Waals surface area contributed by atoms with Crippen molar-refractivity contribution in [2.24, 2.45) is 0 Å². The molecule has 0 fully saturated rings. The summed E-state index contributed by atoms with van der Waals surface area (Å²) in [7, 11) is 0. The zero-order valence-electron chi connectivity index (χ0n) is 7.69. The van der Waals surface area contributed by atoms with Crippen molar-refractivity contribution < 1.29 is 17.6 Å². The number of benzene rings is 1. The number of H-pyrrole nitrogens is 1. The first-order valence-electron chi connectivity index (χ1n) is 4.22. The van der Waals surface area contributed by atoms with Crippen LogP contribution in [0.15, 0.2) is 18.2 Å². The van der Waals surface area contributed by atoms with Crippen LogP contribution in [0.2, 0.25) is 0 Å². The minimum atomic E-state index is -4.65. The van der Waals surface area contributed by atoms with Gasteiger partial charge >= 0.3 is 6.18 Å². The number of hydrogen-bond acceptors (Lipinski definition) is 1. The van der Waals surface area contributed by atoms with E-state index in [9.17, 15) is 17.6 Å². The van der Waals surface area contributed by atoms with Crippen LogP contribution in [0.4, 0.5) is 17.6 Å². The number of nitrogens with zero attached hydrogens (tertiary/aromatic N) is 1. The van der Waals surface area contributed by atoms with Crippen molar-refractivity contribution in [3.63, 3.8) is 0 Å². The second kappa shape index (κ2) is 3.23. The van der Waals surface area contributed by atoms with Crippen LogP contribution in [0.1, 0.15) is 11.3 Å². The average molecular weight is 228 g/mol. The predicted molar refractivity (Wildman–Crippen MR) is 48.0 cm³/mol. The summed E-state index contributed by atoms with van der Waals surface area (Å²) in [5.41, 5.74) is -1.69. The summed E-state index contributed by atoms with van der Waals surface area (Å²) in [4.78, 5) is 2.01. The minimum absolute atomic E-state index is 0.0381. The Morgan fingerprint density at radius 3 is 2.50 bits per heavy atom. The molecule has 82 valence electrons. The largest absolute Gasteiger partial charge is 0.432 e. The standard InChI is InChI=1S/C10H4F4N2/c11-5-1-2-6-7(4-15)9(10(12,13)14)16-8(6)3-5/h1-3,16H.